The second-order valence-electron chi connectivity index (χ2n) is 5.27. The summed E-state index contributed by atoms with van der Waals surface area (Å²) in [5, 5.41) is 11.0. The Bertz CT molecular complexity index is 743. The molecule has 0 N–H and O–H groups in total. The van der Waals surface area contributed by atoms with Crippen LogP contribution in [-0.2, 0) is 6.54 Å². The van der Waals surface area contributed by atoms with E-state index in [1.807, 2.05) is 24.3 Å². The first-order valence-electron chi connectivity index (χ1n) is 7.06. The first-order valence-corrected chi connectivity index (χ1v) is 7.06. The van der Waals surface area contributed by atoms with Gasteiger partial charge in [0.25, 0.3) is 11.6 Å². The maximum atomic E-state index is 12.5. The van der Waals surface area contributed by atoms with Gasteiger partial charge in [-0.05, 0) is 30.7 Å². The largest absolute Gasteiger partial charge is 0.497 e. The summed E-state index contributed by atoms with van der Waals surface area (Å²) < 4.78 is 5.16. The van der Waals surface area contributed by atoms with Crippen LogP contribution in [0.1, 0.15) is 21.5 Å². The number of hydrogen-bond acceptors (Lipinski definition) is 4. The Morgan fingerprint density at radius 3 is 2.65 bits per heavy atom. The Labute approximate surface area is 134 Å². The molecule has 0 bridgehead atoms. The summed E-state index contributed by atoms with van der Waals surface area (Å²) in [6.07, 6.45) is 0. The highest BCUT2D eigenvalue weighted by atomic mass is 16.6. The highest BCUT2D eigenvalue weighted by Gasteiger charge is 2.17. The molecule has 1 amide bonds. The Morgan fingerprint density at radius 2 is 2.00 bits per heavy atom. The van der Waals surface area contributed by atoms with E-state index in [1.165, 1.54) is 11.0 Å². The van der Waals surface area contributed by atoms with Crippen molar-refractivity contribution < 1.29 is 14.5 Å². The van der Waals surface area contributed by atoms with Gasteiger partial charge in [-0.25, -0.2) is 0 Å². The predicted molar refractivity (Wildman–Crippen MR) is 86.6 cm³/mol. The van der Waals surface area contributed by atoms with Crippen LogP contribution >= 0.6 is 0 Å². The van der Waals surface area contributed by atoms with Crippen molar-refractivity contribution in [1.82, 2.24) is 4.90 Å². The Hall–Kier alpha value is -2.89. The average molecular weight is 314 g/mol. The van der Waals surface area contributed by atoms with E-state index >= 15 is 0 Å². The molecular formula is C17H18N2O4. The minimum Gasteiger partial charge on any atom is -0.497 e. The molecule has 0 spiro atoms. The number of nitrogens with zero attached hydrogens (tertiary/aromatic N) is 2. The molecule has 0 aromatic heterocycles. The minimum absolute atomic E-state index is 0.0503. The third-order valence-electron chi connectivity index (χ3n) is 3.55. The van der Waals surface area contributed by atoms with E-state index in [9.17, 15) is 14.9 Å². The number of rotatable bonds is 5. The first kappa shape index (κ1) is 16.5. The van der Waals surface area contributed by atoms with Gasteiger partial charge >= 0.3 is 0 Å². The second-order valence-corrected chi connectivity index (χ2v) is 5.27. The number of aryl methyl sites for hydroxylation is 1. The fourth-order valence-corrected chi connectivity index (χ4v) is 2.28. The molecule has 0 atom stereocenters. The number of ether oxygens (including phenoxy) is 1. The van der Waals surface area contributed by atoms with E-state index < -0.39 is 4.92 Å². The van der Waals surface area contributed by atoms with Crippen molar-refractivity contribution in [2.24, 2.45) is 0 Å². The van der Waals surface area contributed by atoms with Gasteiger partial charge < -0.3 is 9.64 Å². The lowest BCUT2D eigenvalue weighted by molar-refractivity contribution is -0.385. The highest BCUT2D eigenvalue weighted by molar-refractivity contribution is 5.94. The van der Waals surface area contributed by atoms with Crippen LogP contribution in [0.5, 0.6) is 5.75 Å². The van der Waals surface area contributed by atoms with E-state index in [4.69, 9.17) is 4.74 Å². The van der Waals surface area contributed by atoms with E-state index in [2.05, 4.69) is 0 Å². The standard InChI is InChI=1S/C17H18N2O4/c1-12-7-8-14(10-16(12)19(21)22)17(20)18(2)11-13-5-4-6-15(9-13)23-3/h4-10H,11H2,1-3H3. The van der Waals surface area contributed by atoms with Crippen molar-refractivity contribution in [3.05, 3.63) is 69.3 Å². The summed E-state index contributed by atoms with van der Waals surface area (Å²) in [6, 6.07) is 11.9. The van der Waals surface area contributed by atoms with Gasteiger partial charge in [0.2, 0.25) is 0 Å². The molecule has 0 fully saturated rings. The lowest BCUT2D eigenvalue weighted by Crippen LogP contribution is -2.26. The number of carbonyl (C=O) groups is 1. The van der Waals surface area contributed by atoms with Crippen LogP contribution in [0.3, 0.4) is 0 Å². The van der Waals surface area contributed by atoms with Crippen LogP contribution in [0.25, 0.3) is 0 Å². The summed E-state index contributed by atoms with van der Waals surface area (Å²) in [4.78, 5) is 24.5. The summed E-state index contributed by atoms with van der Waals surface area (Å²) in [5.74, 6) is 0.449. The van der Waals surface area contributed by atoms with Crippen molar-refractivity contribution in [3.63, 3.8) is 0 Å². The quantitative estimate of drug-likeness (QED) is 0.627. The van der Waals surface area contributed by atoms with Gasteiger partial charge in [-0.3, -0.25) is 14.9 Å². The van der Waals surface area contributed by atoms with Crippen LogP contribution in [0.2, 0.25) is 0 Å². The Kier molecular flexibility index (Phi) is 4.95. The lowest BCUT2D eigenvalue weighted by atomic mass is 10.1. The van der Waals surface area contributed by atoms with Gasteiger partial charge in [0.1, 0.15) is 5.75 Å². The molecule has 0 aliphatic carbocycles. The highest BCUT2D eigenvalue weighted by Crippen LogP contribution is 2.21. The smallest absolute Gasteiger partial charge is 0.273 e. The molecule has 2 aromatic rings. The molecule has 0 saturated carbocycles. The maximum Gasteiger partial charge on any atom is 0.273 e. The predicted octanol–water partition coefficient (Wildman–Crippen LogP) is 3.18. The Morgan fingerprint density at radius 1 is 1.26 bits per heavy atom. The van der Waals surface area contributed by atoms with Crippen molar-refractivity contribution in [2.75, 3.05) is 14.2 Å². The molecule has 0 radical (unpaired) electrons. The van der Waals surface area contributed by atoms with Gasteiger partial charge in [0, 0.05) is 30.8 Å². The molecule has 120 valence electrons. The van der Waals surface area contributed by atoms with Crippen LogP contribution < -0.4 is 4.74 Å². The molecule has 6 heteroatoms. The number of nitro benzene ring substituents is 1. The third-order valence-corrected chi connectivity index (χ3v) is 3.55. The number of benzene rings is 2. The van der Waals surface area contributed by atoms with Gasteiger partial charge in [-0.1, -0.05) is 18.2 Å². The topological polar surface area (TPSA) is 72.7 Å². The van der Waals surface area contributed by atoms with Gasteiger partial charge in [0.15, 0.2) is 0 Å². The van der Waals surface area contributed by atoms with Crippen LogP contribution in [0, 0.1) is 17.0 Å². The van der Waals surface area contributed by atoms with E-state index in [0.717, 1.165) is 5.56 Å². The van der Waals surface area contributed by atoms with Crippen molar-refractivity contribution in [1.29, 1.82) is 0 Å². The molecule has 2 rings (SSSR count). The van der Waals surface area contributed by atoms with Crippen molar-refractivity contribution >= 4 is 11.6 Å². The molecule has 0 saturated heterocycles. The number of methoxy groups -OCH3 is 1. The third kappa shape index (κ3) is 3.85. The summed E-state index contributed by atoms with van der Waals surface area (Å²) >= 11 is 0. The van der Waals surface area contributed by atoms with Crippen LogP contribution in [0.15, 0.2) is 42.5 Å². The van der Waals surface area contributed by atoms with Gasteiger partial charge in [0.05, 0.1) is 12.0 Å². The van der Waals surface area contributed by atoms with Crippen LogP contribution in [-0.4, -0.2) is 29.9 Å². The van der Waals surface area contributed by atoms with E-state index in [-0.39, 0.29) is 11.6 Å². The van der Waals surface area contributed by atoms with Crippen molar-refractivity contribution in [3.8, 4) is 5.75 Å². The minimum atomic E-state index is -0.478. The molecule has 0 unspecified atom stereocenters. The summed E-state index contributed by atoms with van der Waals surface area (Å²) in [6.45, 7) is 2.03. The average Bonchev–Trinajstić information content (AvgIpc) is 2.54. The Balaban J connectivity index is 2.19. The monoisotopic (exact) mass is 314 g/mol. The molecule has 0 heterocycles. The SMILES string of the molecule is COc1cccc(CN(C)C(=O)c2ccc(C)c([N+](=O)[O-])c2)c1. The molecule has 0 aliphatic rings. The number of carbonyl (C=O) groups excluding carboxylic acids is 1. The van der Waals surface area contributed by atoms with Gasteiger partial charge in [-0.2, -0.15) is 0 Å². The van der Waals surface area contributed by atoms with E-state index in [0.29, 0.717) is 23.4 Å². The summed E-state index contributed by atoms with van der Waals surface area (Å²) in [5.41, 5.74) is 1.70. The maximum absolute atomic E-state index is 12.5. The molecule has 2 aromatic carbocycles. The molecule has 23 heavy (non-hydrogen) atoms. The van der Waals surface area contributed by atoms with Gasteiger partial charge in [-0.15, -0.1) is 0 Å². The van der Waals surface area contributed by atoms with Crippen LogP contribution in [0.4, 0.5) is 5.69 Å². The fraction of sp³-hybridized carbons (Fsp3) is 0.235. The second kappa shape index (κ2) is 6.91. The fourth-order valence-electron chi connectivity index (χ4n) is 2.28. The number of amides is 1. The number of hydrogen-bond donors (Lipinski definition) is 0. The normalized spacial score (nSPS) is 10.2. The number of nitro groups is 1. The zero-order valence-electron chi connectivity index (χ0n) is 13.3. The van der Waals surface area contributed by atoms with E-state index in [1.54, 1.807) is 33.2 Å². The molecule has 0 aliphatic heterocycles. The zero-order valence-corrected chi connectivity index (χ0v) is 13.3. The summed E-state index contributed by atoms with van der Waals surface area (Å²) in [7, 11) is 3.24. The first-order chi connectivity index (χ1) is 10.9. The van der Waals surface area contributed by atoms with Crippen molar-refractivity contribution in [2.45, 2.75) is 13.5 Å². The molecular weight excluding hydrogens is 296 g/mol. The zero-order chi connectivity index (χ0) is 17.0. The molecule has 6 nitrogen and oxygen atoms in total. The lowest BCUT2D eigenvalue weighted by Gasteiger charge is -2.18.